The summed E-state index contributed by atoms with van der Waals surface area (Å²) < 4.78 is 70.9. The number of rotatable bonds is 8. The van der Waals surface area contributed by atoms with E-state index in [4.69, 9.17) is 5.41 Å². The molecule has 12 heteroatoms. The minimum atomic E-state index is -5.02. The highest BCUT2D eigenvalue weighted by atomic mass is 19.4. The number of benzene rings is 3. The molecule has 1 saturated carbocycles. The van der Waals surface area contributed by atoms with Crippen LogP contribution in [0.15, 0.2) is 48.5 Å². The van der Waals surface area contributed by atoms with E-state index in [1.54, 1.807) is 7.05 Å². The van der Waals surface area contributed by atoms with Gasteiger partial charge in [0.1, 0.15) is 17.4 Å². The van der Waals surface area contributed by atoms with Gasteiger partial charge in [0.25, 0.3) is 0 Å². The molecule has 0 radical (unpaired) electrons. The maximum atomic E-state index is 15.3. The average Bonchev–Trinajstić information content (AvgIpc) is 3.64. The van der Waals surface area contributed by atoms with Gasteiger partial charge in [0.15, 0.2) is 0 Å². The molecule has 0 atom stereocenters. The van der Waals surface area contributed by atoms with Crippen molar-refractivity contribution in [2.75, 3.05) is 17.7 Å². The smallest absolute Gasteiger partial charge is 0.478 e. The summed E-state index contributed by atoms with van der Waals surface area (Å²) in [5.41, 5.74) is -1.27. The molecule has 3 aromatic rings. The largest absolute Gasteiger partial charge is 0.573 e. The van der Waals surface area contributed by atoms with Crippen LogP contribution in [0, 0.1) is 17.0 Å². The minimum Gasteiger partial charge on any atom is -0.478 e. The summed E-state index contributed by atoms with van der Waals surface area (Å²) in [5.74, 6) is -5.05. The molecule has 0 unspecified atom stereocenters. The molecule has 0 bridgehead atoms. The number of halogens is 5. The van der Waals surface area contributed by atoms with Crippen molar-refractivity contribution in [2.24, 2.45) is 0 Å². The van der Waals surface area contributed by atoms with Crippen molar-refractivity contribution >= 4 is 29.5 Å². The Morgan fingerprint density at radius 1 is 1.05 bits per heavy atom. The number of alkyl halides is 3. The Morgan fingerprint density at radius 2 is 1.76 bits per heavy atom. The lowest BCUT2D eigenvalue weighted by Crippen LogP contribution is -2.29. The molecule has 0 saturated heterocycles. The van der Waals surface area contributed by atoms with E-state index >= 15 is 4.39 Å². The maximum absolute atomic E-state index is 15.3. The first-order chi connectivity index (χ1) is 17.9. The number of anilines is 2. The van der Waals surface area contributed by atoms with Crippen molar-refractivity contribution in [2.45, 2.75) is 24.6 Å². The first kappa shape index (κ1) is 26.6. The number of hydrogen-bond acceptors (Lipinski definition) is 5. The van der Waals surface area contributed by atoms with Crippen LogP contribution in [0.25, 0.3) is 11.1 Å². The molecule has 38 heavy (non-hydrogen) atoms. The molecule has 3 aromatic carbocycles. The van der Waals surface area contributed by atoms with Gasteiger partial charge in [0.2, 0.25) is 5.91 Å². The molecule has 1 aliphatic rings. The van der Waals surface area contributed by atoms with Crippen molar-refractivity contribution < 1.29 is 41.4 Å². The first-order valence-corrected chi connectivity index (χ1v) is 11.2. The minimum absolute atomic E-state index is 0.161. The molecule has 0 heterocycles. The number of carboxylic acid groups (broad SMARTS) is 1. The van der Waals surface area contributed by atoms with Crippen LogP contribution in [0.1, 0.15) is 34.3 Å². The van der Waals surface area contributed by atoms with E-state index in [-0.39, 0.29) is 35.2 Å². The van der Waals surface area contributed by atoms with Gasteiger partial charge in [-0.3, -0.25) is 4.79 Å². The van der Waals surface area contributed by atoms with Crippen LogP contribution in [0.4, 0.5) is 33.3 Å². The maximum Gasteiger partial charge on any atom is 0.573 e. The Morgan fingerprint density at radius 3 is 2.32 bits per heavy atom. The van der Waals surface area contributed by atoms with Crippen LogP contribution in [0.5, 0.6) is 5.75 Å². The number of aromatic carboxylic acids is 1. The van der Waals surface area contributed by atoms with Gasteiger partial charge in [-0.1, -0.05) is 18.2 Å². The van der Waals surface area contributed by atoms with Gasteiger partial charge in [-0.25, -0.2) is 13.6 Å². The summed E-state index contributed by atoms with van der Waals surface area (Å²) in [4.78, 5) is 25.1. The molecule has 7 nitrogen and oxygen atoms in total. The standard InChI is InChI=1S/C26H20F5N3O4/c1-33-21-8-13(2-3-14(21)12-32)22-17(23(35)36)9-15(10-20(22)28)34-24(37)25(6-7-25)18-5-4-16(11-19(18)27)38-26(29,30)31/h2-5,8-12,32-33H,6-7H2,1H3,(H,34,37)(H,35,36). The topological polar surface area (TPSA) is 112 Å². The third-order valence-electron chi connectivity index (χ3n) is 6.22. The average molecular weight is 533 g/mol. The fourth-order valence-corrected chi connectivity index (χ4v) is 4.27. The van der Waals surface area contributed by atoms with Gasteiger partial charge in [0.05, 0.1) is 11.0 Å². The van der Waals surface area contributed by atoms with E-state index in [2.05, 4.69) is 15.4 Å². The van der Waals surface area contributed by atoms with Crippen LogP contribution >= 0.6 is 0 Å². The van der Waals surface area contributed by atoms with Crippen molar-refractivity contribution in [1.82, 2.24) is 0 Å². The normalized spacial score (nSPS) is 13.9. The fourth-order valence-electron chi connectivity index (χ4n) is 4.27. The number of carboxylic acids is 1. The lowest BCUT2D eigenvalue weighted by Gasteiger charge is -2.19. The SMILES string of the molecule is CNc1cc(-c2c(F)cc(NC(=O)C3(c4ccc(OC(F)(F)F)cc4F)CC3)cc2C(=O)O)ccc1C=N. The number of hydrogen-bond donors (Lipinski definition) is 4. The number of carbonyl (C=O) groups is 2. The van der Waals surface area contributed by atoms with E-state index in [1.807, 2.05) is 0 Å². The van der Waals surface area contributed by atoms with Gasteiger partial charge in [-0.05, 0) is 42.7 Å². The summed E-state index contributed by atoms with van der Waals surface area (Å²) in [6.45, 7) is 0. The second kappa shape index (κ2) is 9.77. The number of carbonyl (C=O) groups excluding carboxylic acids is 1. The summed E-state index contributed by atoms with van der Waals surface area (Å²) in [5, 5.41) is 22.5. The van der Waals surface area contributed by atoms with Gasteiger partial charge >= 0.3 is 12.3 Å². The van der Waals surface area contributed by atoms with E-state index < -0.39 is 46.6 Å². The Labute approximate surface area is 212 Å². The van der Waals surface area contributed by atoms with Crippen LogP contribution in [-0.2, 0) is 10.2 Å². The summed E-state index contributed by atoms with van der Waals surface area (Å²) in [6, 6.07) is 8.88. The predicted octanol–water partition coefficient (Wildman–Crippen LogP) is 5.94. The number of amides is 1. The van der Waals surface area contributed by atoms with Crippen LogP contribution in [0.2, 0.25) is 0 Å². The van der Waals surface area contributed by atoms with Gasteiger partial charge in [-0.2, -0.15) is 0 Å². The Hall–Kier alpha value is -4.48. The highest BCUT2D eigenvalue weighted by Crippen LogP contribution is 2.50. The third kappa shape index (κ3) is 5.15. The molecule has 0 spiro atoms. The first-order valence-electron chi connectivity index (χ1n) is 11.2. The zero-order valence-corrected chi connectivity index (χ0v) is 19.7. The third-order valence-corrected chi connectivity index (χ3v) is 6.22. The number of nitrogens with one attached hydrogen (secondary N) is 3. The van der Waals surface area contributed by atoms with E-state index in [9.17, 15) is 32.3 Å². The van der Waals surface area contributed by atoms with Gasteiger partial charge < -0.3 is 25.9 Å². The van der Waals surface area contributed by atoms with Crippen LogP contribution < -0.4 is 15.4 Å². The second-order valence-corrected chi connectivity index (χ2v) is 8.61. The molecule has 0 aliphatic heterocycles. The summed E-state index contributed by atoms with van der Waals surface area (Å²) >= 11 is 0. The monoisotopic (exact) mass is 533 g/mol. The van der Waals surface area contributed by atoms with Crippen molar-refractivity contribution in [3.05, 3.63) is 76.9 Å². The predicted molar refractivity (Wildman–Crippen MR) is 129 cm³/mol. The fraction of sp³-hybridized carbons (Fsp3) is 0.192. The highest BCUT2D eigenvalue weighted by Gasteiger charge is 2.53. The Bertz CT molecular complexity index is 1450. The molecule has 4 rings (SSSR count). The van der Waals surface area contributed by atoms with E-state index in [0.29, 0.717) is 17.3 Å². The second-order valence-electron chi connectivity index (χ2n) is 8.61. The molecule has 1 fully saturated rings. The molecule has 0 aromatic heterocycles. The van der Waals surface area contributed by atoms with Gasteiger partial charge in [0, 0.05) is 47.4 Å². The van der Waals surface area contributed by atoms with E-state index in [0.717, 1.165) is 30.5 Å². The van der Waals surface area contributed by atoms with Crippen molar-refractivity contribution in [3.8, 4) is 16.9 Å². The summed E-state index contributed by atoms with van der Waals surface area (Å²) in [6.07, 6.45) is -3.59. The van der Waals surface area contributed by atoms with Crippen molar-refractivity contribution in [3.63, 3.8) is 0 Å². The number of ether oxygens (including phenoxy) is 1. The van der Waals surface area contributed by atoms with Crippen LogP contribution in [-0.4, -0.2) is 36.6 Å². The van der Waals surface area contributed by atoms with E-state index in [1.165, 1.54) is 18.2 Å². The molecular weight excluding hydrogens is 513 g/mol. The van der Waals surface area contributed by atoms with Crippen molar-refractivity contribution in [1.29, 1.82) is 5.41 Å². The van der Waals surface area contributed by atoms with Crippen LogP contribution in [0.3, 0.4) is 0 Å². The van der Waals surface area contributed by atoms with Gasteiger partial charge in [-0.15, -0.1) is 13.2 Å². The lowest BCUT2D eigenvalue weighted by atomic mass is 9.93. The molecular formula is C26H20F5N3O4. The molecule has 4 N–H and O–H groups in total. The zero-order valence-electron chi connectivity index (χ0n) is 19.7. The molecule has 198 valence electrons. The zero-order chi connectivity index (χ0) is 27.8. The quantitative estimate of drug-likeness (QED) is 0.212. The molecule has 1 amide bonds. The lowest BCUT2D eigenvalue weighted by molar-refractivity contribution is -0.274. The highest BCUT2D eigenvalue weighted by molar-refractivity contribution is 6.04. The Balaban J connectivity index is 1.65. The Kier molecular flexibility index (Phi) is 6.83. The molecule has 1 aliphatic carbocycles. The summed E-state index contributed by atoms with van der Waals surface area (Å²) in [7, 11) is 1.59.